The maximum absolute atomic E-state index is 4.89. The molecule has 0 saturated heterocycles. The van der Waals surface area contributed by atoms with Gasteiger partial charge in [-0.1, -0.05) is 109 Å². The van der Waals surface area contributed by atoms with Crippen molar-refractivity contribution in [1.82, 2.24) is 19.3 Å². The van der Waals surface area contributed by atoms with Gasteiger partial charge in [-0.05, 0) is 44.8 Å². The lowest BCUT2D eigenvalue weighted by molar-refractivity contribution is 0.389. The standard InChI is InChI=1S/C33H23BrN4S/c34-30-21-35-32-31(37-30)27(29-20-23-12-10-11-19-28(23)36-29)22-38(39-32)33(24-13-4-1-5-14-24,25-15-6-2-7-16-25)26-17-8-3-9-18-26/h1-22,36H. The highest BCUT2D eigenvalue weighted by Crippen LogP contribution is 2.51. The van der Waals surface area contributed by atoms with Crippen molar-refractivity contribution in [2.75, 3.05) is 0 Å². The first-order valence-corrected chi connectivity index (χ1v) is 14.3. The molecule has 7 rings (SSSR count). The normalized spacial score (nSPS) is 13.3. The fourth-order valence-corrected chi connectivity index (χ4v) is 6.82. The molecule has 0 fully saturated rings. The molecule has 0 spiro atoms. The smallest absolute Gasteiger partial charge is 0.143 e. The van der Waals surface area contributed by atoms with Crippen molar-refractivity contribution in [3.8, 4) is 0 Å². The summed E-state index contributed by atoms with van der Waals surface area (Å²) in [6, 6.07) is 42.6. The average molecular weight is 588 g/mol. The van der Waals surface area contributed by atoms with E-state index in [1.165, 1.54) is 0 Å². The Kier molecular flexibility index (Phi) is 6.06. The van der Waals surface area contributed by atoms with Crippen LogP contribution in [0.1, 0.15) is 28.1 Å². The van der Waals surface area contributed by atoms with E-state index < -0.39 is 5.54 Å². The van der Waals surface area contributed by atoms with Gasteiger partial charge in [-0.15, -0.1) is 0 Å². The molecule has 188 valence electrons. The van der Waals surface area contributed by atoms with Crippen LogP contribution >= 0.6 is 27.9 Å². The Labute approximate surface area is 239 Å². The molecule has 0 bridgehead atoms. The van der Waals surface area contributed by atoms with E-state index in [1.807, 2.05) is 0 Å². The van der Waals surface area contributed by atoms with Crippen molar-refractivity contribution in [3.63, 3.8) is 0 Å². The van der Waals surface area contributed by atoms with E-state index in [0.29, 0.717) is 4.60 Å². The third-order valence-electron chi connectivity index (χ3n) is 7.12. The number of benzene rings is 4. The van der Waals surface area contributed by atoms with Gasteiger partial charge in [-0.2, -0.15) is 0 Å². The number of H-pyrrole nitrogens is 1. The summed E-state index contributed by atoms with van der Waals surface area (Å²) in [5, 5.41) is 2.00. The molecule has 1 N–H and O–H groups in total. The van der Waals surface area contributed by atoms with Crippen molar-refractivity contribution in [2.24, 2.45) is 0 Å². The molecule has 0 saturated carbocycles. The lowest BCUT2D eigenvalue weighted by Crippen LogP contribution is -2.42. The third-order valence-corrected chi connectivity index (χ3v) is 8.55. The molecule has 4 nitrogen and oxygen atoms in total. The SMILES string of the molecule is Brc1cnc2c(n1)C(c1cc3ccccc3[nH]1)=CN(C(c1ccccc1)(c1ccccc1)c1ccccc1)S2. The summed E-state index contributed by atoms with van der Waals surface area (Å²) in [6.45, 7) is 0. The van der Waals surface area contributed by atoms with Crippen molar-refractivity contribution in [1.29, 1.82) is 0 Å². The Morgan fingerprint density at radius 1 is 0.718 bits per heavy atom. The van der Waals surface area contributed by atoms with Gasteiger partial charge in [-0.3, -0.25) is 4.31 Å². The molecule has 0 amide bonds. The molecule has 1 aliphatic rings. The Morgan fingerprint density at radius 3 is 1.87 bits per heavy atom. The number of nitrogens with one attached hydrogen (secondary N) is 1. The van der Waals surface area contributed by atoms with Crippen LogP contribution in [-0.2, 0) is 5.54 Å². The molecule has 6 aromatic rings. The summed E-state index contributed by atoms with van der Waals surface area (Å²) in [5.74, 6) is 0. The van der Waals surface area contributed by atoms with Gasteiger partial charge in [-0.25, -0.2) is 9.97 Å². The van der Waals surface area contributed by atoms with Gasteiger partial charge in [0.1, 0.15) is 20.9 Å². The van der Waals surface area contributed by atoms with Gasteiger partial charge in [0.15, 0.2) is 0 Å². The Bertz CT molecular complexity index is 1670. The van der Waals surface area contributed by atoms with Crippen LogP contribution in [0.5, 0.6) is 0 Å². The molecular weight excluding hydrogens is 564 g/mol. The molecule has 0 unspecified atom stereocenters. The number of aromatic amines is 1. The topological polar surface area (TPSA) is 44.8 Å². The second kappa shape index (κ2) is 9.88. The van der Waals surface area contributed by atoms with E-state index in [0.717, 1.165) is 49.6 Å². The molecule has 4 aromatic carbocycles. The molecule has 1 aliphatic heterocycles. The molecule has 2 aromatic heterocycles. The maximum atomic E-state index is 4.89. The van der Waals surface area contributed by atoms with E-state index in [9.17, 15) is 0 Å². The predicted molar refractivity (Wildman–Crippen MR) is 162 cm³/mol. The first-order valence-electron chi connectivity index (χ1n) is 12.7. The van der Waals surface area contributed by atoms with E-state index >= 15 is 0 Å². The molecule has 6 heteroatoms. The minimum atomic E-state index is -0.641. The zero-order valence-corrected chi connectivity index (χ0v) is 23.2. The summed E-state index contributed by atoms with van der Waals surface area (Å²) < 4.78 is 3.05. The van der Waals surface area contributed by atoms with E-state index in [1.54, 1.807) is 18.1 Å². The van der Waals surface area contributed by atoms with Gasteiger partial charge in [0.25, 0.3) is 0 Å². The number of hydrogen-bond donors (Lipinski definition) is 1. The lowest BCUT2D eigenvalue weighted by atomic mass is 9.77. The quantitative estimate of drug-likeness (QED) is 0.163. The second-order valence-electron chi connectivity index (χ2n) is 9.39. The van der Waals surface area contributed by atoms with Crippen LogP contribution in [0.3, 0.4) is 0 Å². The van der Waals surface area contributed by atoms with Crippen LogP contribution in [0.15, 0.2) is 143 Å². The summed E-state index contributed by atoms with van der Waals surface area (Å²) in [7, 11) is 0. The van der Waals surface area contributed by atoms with Crippen LogP contribution in [-0.4, -0.2) is 19.3 Å². The van der Waals surface area contributed by atoms with Gasteiger partial charge >= 0.3 is 0 Å². The first-order chi connectivity index (χ1) is 19.2. The Morgan fingerprint density at radius 2 is 1.28 bits per heavy atom. The van der Waals surface area contributed by atoms with Crippen molar-refractivity contribution in [3.05, 3.63) is 166 Å². The Hall–Kier alpha value is -4.13. The number of halogens is 1. The number of nitrogens with zero attached hydrogens (tertiary/aromatic N) is 3. The van der Waals surface area contributed by atoms with Crippen LogP contribution < -0.4 is 0 Å². The number of aromatic nitrogens is 3. The fourth-order valence-electron chi connectivity index (χ4n) is 5.40. The summed E-state index contributed by atoms with van der Waals surface area (Å²) in [6.07, 6.45) is 4.00. The number of hydrogen-bond acceptors (Lipinski definition) is 4. The predicted octanol–water partition coefficient (Wildman–Crippen LogP) is 8.42. The maximum Gasteiger partial charge on any atom is 0.143 e. The minimum Gasteiger partial charge on any atom is -0.354 e. The monoisotopic (exact) mass is 586 g/mol. The largest absolute Gasteiger partial charge is 0.354 e. The molecule has 0 atom stereocenters. The summed E-state index contributed by atoms with van der Waals surface area (Å²) >= 11 is 5.17. The highest BCUT2D eigenvalue weighted by molar-refractivity contribution is 9.10. The van der Waals surface area contributed by atoms with Crippen molar-refractivity contribution < 1.29 is 0 Å². The second-order valence-corrected chi connectivity index (χ2v) is 11.2. The average Bonchev–Trinajstić information content (AvgIpc) is 3.43. The molecule has 39 heavy (non-hydrogen) atoms. The van der Waals surface area contributed by atoms with Crippen LogP contribution in [0.4, 0.5) is 0 Å². The molecule has 0 aliphatic carbocycles. The molecule has 3 heterocycles. The minimum absolute atomic E-state index is 0.641. The first kappa shape index (κ1) is 23.9. The van der Waals surface area contributed by atoms with Crippen molar-refractivity contribution in [2.45, 2.75) is 10.6 Å². The van der Waals surface area contributed by atoms with Crippen LogP contribution in [0.25, 0.3) is 16.5 Å². The van der Waals surface area contributed by atoms with E-state index in [4.69, 9.17) is 9.97 Å². The van der Waals surface area contributed by atoms with E-state index in [-0.39, 0.29) is 0 Å². The molecular formula is C33H23BrN4S. The fraction of sp³-hybridized carbons (Fsp3) is 0.0303. The highest BCUT2D eigenvalue weighted by atomic mass is 79.9. The van der Waals surface area contributed by atoms with E-state index in [2.05, 4.69) is 153 Å². The third kappa shape index (κ3) is 4.08. The number of fused-ring (bicyclic) bond motifs is 2. The Balaban J connectivity index is 1.54. The number of para-hydroxylation sites is 1. The summed E-state index contributed by atoms with van der Waals surface area (Å²) in [4.78, 5) is 13.4. The van der Waals surface area contributed by atoms with Gasteiger partial charge < -0.3 is 4.98 Å². The zero-order chi connectivity index (χ0) is 26.2. The molecule has 0 radical (unpaired) electrons. The highest BCUT2D eigenvalue weighted by Gasteiger charge is 2.44. The number of rotatable bonds is 5. The van der Waals surface area contributed by atoms with Gasteiger partial charge in [0, 0.05) is 34.6 Å². The van der Waals surface area contributed by atoms with Gasteiger partial charge in [0.2, 0.25) is 0 Å². The lowest BCUT2D eigenvalue weighted by Gasteiger charge is -2.45. The van der Waals surface area contributed by atoms with Gasteiger partial charge in [0.05, 0.1) is 11.9 Å². The zero-order valence-electron chi connectivity index (χ0n) is 20.8. The van der Waals surface area contributed by atoms with Crippen LogP contribution in [0, 0.1) is 0 Å². The summed E-state index contributed by atoms with van der Waals surface area (Å²) in [5.41, 5.74) is 6.77. The van der Waals surface area contributed by atoms with Crippen LogP contribution in [0.2, 0.25) is 0 Å². The van der Waals surface area contributed by atoms with Crippen molar-refractivity contribution >= 4 is 44.4 Å².